The molecule has 190 valence electrons. The Morgan fingerprint density at radius 2 is 1.70 bits per heavy atom. The molecule has 5 rings (SSSR count). The van der Waals surface area contributed by atoms with Gasteiger partial charge < -0.3 is 20.0 Å². The number of guanidine groups is 1. The van der Waals surface area contributed by atoms with E-state index in [2.05, 4.69) is 51.7 Å². The summed E-state index contributed by atoms with van der Waals surface area (Å²) in [7, 11) is 0. The number of oxime groups is 1. The Kier molecular flexibility index (Phi) is 8.20. The maximum Gasteiger partial charge on any atom is 0.231 e. The quantitative estimate of drug-likeness (QED) is 0.192. The summed E-state index contributed by atoms with van der Waals surface area (Å²) in [5, 5.41) is 16.0. The fourth-order valence-electron chi connectivity index (χ4n) is 4.24. The highest BCUT2D eigenvalue weighted by Gasteiger charge is 2.29. The maximum absolute atomic E-state index is 7.58. The van der Waals surface area contributed by atoms with E-state index < -0.39 is 0 Å². The minimum absolute atomic E-state index is 0. The molecule has 0 radical (unpaired) electrons. The topological polar surface area (TPSA) is 114 Å². The van der Waals surface area contributed by atoms with Crippen molar-refractivity contribution in [3.63, 3.8) is 0 Å². The summed E-state index contributed by atoms with van der Waals surface area (Å²) < 4.78 is 5.49. The number of benzene rings is 3. The fourth-order valence-corrected chi connectivity index (χ4v) is 4.24. The van der Waals surface area contributed by atoms with E-state index in [-0.39, 0.29) is 24.3 Å². The van der Waals surface area contributed by atoms with Crippen LogP contribution in [0.15, 0.2) is 88.5 Å². The molecule has 4 aromatic rings. The van der Waals surface area contributed by atoms with Crippen LogP contribution in [0.5, 0.6) is 0 Å². The van der Waals surface area contributed by atoms with E-state index in [1.165, 1.54) is 11.1 Å². The van der Waals surface area contributed by atoms with Gasteiger partial charge in [-0.15, -0.1) is 12.4 Å². The van der Waals surface area contributed by atoms with Gasteiger partial charge in [0.25, 0.3) is 0 Å². The van der Waals surface area contributed by atoms with Crippen molar-refractivity contribution in [2.24, 2.45) is 10.9 Å². The highest BCUT2D eigenvalue weighted by molar-refractivity contribution is 5.98. The zero-order chi connectivity index (χ0) is 24.9. The second-order valence-corrected chi connectivity index (χ2v) is 8.86. The van der Waals surface area contributed by atoms with E-state index in [4.69, 9.17) is 20.5 Å². The summed E-state index contributed by atoms with van der Waals surface area (Å²) in [6.45, 7) is 3.67. The number of hydrogen-bond donors (Lipinski definition) is 2. The first-order valence-corrected chi connectivity index (χ1v) is 11.9. The first-order valence-electron chi connectivity index (χ1n) is 11.9. The van der Waals surface area contributed by atoms with Crippen LogP contribution in [0.4, 0.5) is 0 Å². The van der Waals surface area contributed by atoms with Crippen LogP contribution in [0.1, 0.15) is 36.3 Å². The van der Waals surface area contributed by atoms with Gasteiger partial charge in [0.05, 0.1) is 11.6 Å². The van der Waals surface area contributed by atoms with E-state index >= 15 is 0 Å². The summed E-state index contributed by atoms with van der Waals surface area (Å²) in [5.41, 5.74) is 11.6. The third kappa shape index (κ3) is 6.16. The van der Waals surface area contributed by atoms with Crippen LogP contribution in [0.3, 0.4) is 0 Å². The Morgan fingerprint density at radius 3 is 2.38 bits per heavy atom. The monoisotopic (exact) mass is 516 g/mol. The molecule has 0 bridgehead atoms. The zero-order valence-corrected chi connectivity index (χ0v) is 21.3. The number of nitrogens with zero attached hydrogens (tertiary/aromatic N) is 4. The Morgan fingerprint density at radius 1 is 1.03 bits per heavy atom. The molecule has 1 saturated heterocycles. The Bertz CT molecular complexity index is 1350. The predicted octanol–water partition coefficient (Wildman–Crippen LogP) is 5.45. The smallest absolute Gasteiger partial charge is 0.231 e. The van der Waals surface area contributed by atoms with E-state index in [1.807, 2.05) is 54.3 Å². The molecule has 2 heterocycles. The van der Waals surface area contributed by atoms with Crippen molar-refractivity contribution in [1.29, 1.82) is 5.41 Å². The van der Waals surface area contributed by atoms with Crippen LogP contribution in [-0.4, -0.2) is 39.8 Å². The number of halogens is 1. The molecule has 0 amide bonds. The van der Waals surface area contributed by atoms with Gasteiger partial charge in [-0.1, -0.05) is 89.2 Å². The van der Waals surface area contributed by atoms with E-state index in [1.54, 1.807) is 0 Å². The van der Waals surface area contributed by atoms with Gasteiger partial charge in [0.1, 0.15) is 6.61 Å². The predicted molar refractivity (Wildman–Crippen MR) is 147 cm³/mol. The molecule has 3 aromatic carbocycles. The second kappa shape index (κ2) is 11.7. The lowest BCUT2D eigenvalue weighted by atomic mass is 10.0. The molecule has 1 aliphatic heterocycles. The fraction of sp³-hybridized carbons (Fsp3) is 0.214. The molecular formula is C28H29ClN6O2. The highest BCUT2D eigenvalue weighted by Crippen LogP contribution is 2.27. The van der Waals surface area contributed by atoms with E-state index in [0.29, 0.717) is 24.9 Å². The van der Waals surface area contributed by atoms with Gasteiger partial charge in [0.15, 0.2) is 5.96 Å². The van der Waals surface area contributed by atoms with Crippen LogP contribution >= 0.6 is 12.4 Å². The first-order chi connectivity index (χ1) is 17.6. The molecule has 9 heteroatoms. The van der Waals surface area contributed by atoms with Crippen molar-refractivity contribution in [2.45, 2.75) is 25.9 Å². The van der Waals surface area contributed by atoms with Gasteiger partial charge in [-0.2, -0.15) is 4.98 Å². The molecule has 1 aliphatic rings. The summed E-state index contributed by atoms with van der Waals surface area (Å²) in [6, 6.07) is 26.4. The molecule has 0 saturated carbocycles. The number of nitrogens with one attached hydrogen (secondary N) is 1. The van der Waals surface area contributed by atoms with Gasteiger partial charge in [-0.05, 0) is 35.6 Å². The summed E-state index contributed by atoms with van der Waals surface area (Å²) >= 11 is 0. The largest absolute Gasteiger partial charge is 0.391 e. The van der Waals surface area contributed by atoms with Crippen molar-refractivity contribution >= 4 is 24.1 Å². The third-order valence-electron chi connectivity index (χ3n) is 6.37. The second-order valence-electron chi connectivity index (χ2n) is 8.86. The summed E-state index contributed by atoms with van der Waals surface area (Å²) in [4.78, 5) is 12.0. The molecule has 1 atom stereocenters. The molecule has 8 nitrogen and oxygen atoms in total. The zero-order valence-electron chi connectivity index (χ0n) is 20.5. The minimum Gasteiger partial charge on any atom is -0.391 e. The minimum atomic E-state index is 0. The Balaban J connectivity index is 0.00000320. The Labute approximate surface area is 222 Å². The summed E-state index contributed by atoms with van der Waals surface area (Å²) in [6.07, 6.45) is 0.840. The lowest BCUT2D eigenvalue weighted by molar-refractivity contribution is 0.130. The van der Waals surface area contributed by atoms with Crippen LogP contribution in [0.25, 0.3) is 22.5 Å². The van der Waals surface area contributed by atoms with Crippen molar-refractivity contribution in [3.05, 3.63) is 95.9 Å². The van der Waals surface area contributed by atoms with E-state index in [9.17, 15) is 0 Å². The highest BCUT2D eigenvalue weighted by atomic mass is 35.5. The van der Waals surface area contributed by atoms with Crippen LogP contribution in [-0.2, 0) is 11.4 Å². The van der Waals surface area contributed by atoms with Crippen molar-refractivity contribution < 1.29 is 9.36 Å². The number of hydrogen-bond acceptors (Lipinski definition) is 6. The molecular weight excluding hydrogens is 488 g/mol. The molecule has 37 heavy (non-hydrogen) atoms. The SMILES string of the molecule is C/C(=N/OCc1ccc(-c2ccccc2)cc1)c1ccc(-c2noc([C@@H]3CCN(C(=N)N)C3)n2)cc1.Cl. The summed E-state index contributed by atoms with van der Waals surface area (Å²) in [5.74, 6) is 1.30. The van der Waals surface area contributed by atoms with Crippen molar-refractivity contribution in [2.75, 3.05) is 13.1 Å². The molecule has 1 aromatic heterocycles. The average molecular weight is 517 g/mol. The molecule has 0 spiro atoms. The molecule has 3 N–H and O–H groups in total. The van der Waals surface area contributed by atoms with Crippen molar-refractivity contribution in [3.8, 4) is 22.5 Å². The van der Waals surface area contributed by atoms with Crippen LogP contribution in [0, 0.1) is 5.41 Å². The number of aromatic nitrogens is 2. The normalized spacial score (nSPS) is 15.3. The lowest BCUT2D eigenvalue weighted by Gasteiger charge is -2.14. The number of nitrogens with two attached hydrogens (primary N) is 1. The average Bonchev–Trinajstić information content (AvgIpc) is 3.60. The van der Waals surface area contributed by atoms with Crippen molar-refractivity contribution in [1.82, 2.24) is 15.0 Å². The Hall–Kier alpha value is -4.17. The molecule has 0 unspecified atom stereocenters. The van der Waals surface area contributed by atoms with Gasteiger partial charge in [0, 0.05) is 18.7 Å². The van der Waals surface area contributed by atoms with E-state index in [0.717, 1.165) is 35.4 Å². The van der Waals surface area contributed by atoms with Gasteiger partial charge in [-0.3, -0.25) is 5.41 Å². The first kappa shape index (κ1) is 25.9. The standard InChI is InChI=1S/C28H28N6O2.ClH/c1-19(32-35-18-20-7-9-23(10-8-20)22-5-3-2-4-6-22)21-11-13-24(14-12-21)26-31-27(36-33-26)25-15-16-34(17-25)28(29)30;/h2-14,25H,15-18H2,1H3,(H3,29,30);1H/b32-19-;/t25-;/m1./s1. The maximum atomic E-state index is 7.58. The van der Waals surface area contributed by atoms with Gasteiger partial charge in [0.2, 0.25) is 11.7 Å². The van der Waals surface area contributed by atoms with Crippen LogP contribution in [0.2, 0.25) is 0 Å². The molecule has 0 aliphatic carbocycles. The van der Waals surface area contributed by atoms with Gasteiger partial charge in [-0.25, -0.2) is 0 Å². The third-order valence-corrected chi connectivity index (χ3v) is 6.37. The lowest BCUT2D eigenvalue weighted by Crippen LogP contribution is -2.34. The van der Waals surface area contributed by atoms with Gasteiger partial charge >= 0.3 is 0 Å². The number of rotatable bonds is 7. The van der Waals surface area contributed by atoms with Crippen LogP contribution < -0.4 is 5.73 Å². The number of likely N-dealkylation sites (tertiary alicyclic amines) is 1. The molecule has 1 fully saturated rings.